The van der Waals surface area contributed by atoms with E-state index in [1.54, 1.807) is 11.0 Å². The number of nitrogens with zero attached hydrogens (tertiary/aromatic N) is 3. The van der Waals surface area contributed by atoms with Crippen LogP contribution >= 0.6 is 15.9 Å². The molecule has 0 bridgehead atoms. The number of ether oxygens (including phenoxy) is 1. The first-order valence-electron chi connectivity index (χ1n) is 8.92. The topological polar surface area (TPSA) is 64.4 Å². The van der Waals surface area contributed by atoms with Crippen molar-refractivity contribution in [2.24, 2.45) is 0 Å². The molecule has 0 spiro atoms. The maximum atomic E-state index is 14.3. The number of likely N-dealkylation sites (tertiary alicyclic amines) is 1. The molecule has 1 saturated heterocycles. The van der Waals surface area contributed by atoms with Gasteiger partial charge in [0.15, 0.2) is 0 Å². The van der Waals surface area contributed by atoms with Crippen LogP contribution in [0.1, 0.15) is 46.6 Å². The molecule has 2 heterocycles. The van der Waals surface area contributed by atoms with Crippen molar-refractivity contribution in [3.05, 3.63) is 39.1 Å². The molecule has 0 aliphatic carbocycles. The van der Waals surface area contributed by atoms with Crippen molar-refractivity contribution in [2.75, 3.05) is 6.54 Å². The number of benzene rings is 1. The summed E-state index contributed by atoms with van der Waals surface area (Å²) in [6.07, 6.45) is 2.27. The zero-order chi connectivity index (χ0) is 19.9. The Labute approximate surface area is 165 Å². The van der Waals surface area contributed by atoms with E-state index in [0.717, 1.165) is 0 Å². The molecule has 1 amide bonds. The third-order valence-electron chi connectivity index (χ3n) is 4.67. The molecule has 2 unspecified atom stereocenters. The Morgan fingerprint density at radius 2 is 2.07 bits per heavy atom. The monoisotopic (exact) mass is 439 g/mol. The van der Waals surface area contributed by atoms with E-state index >= 15 is 0 Å². The van der Waals surface area contributed by atoms with E-state index in [1.807, 2.05) is 27.7 Å². The third kappa shape index (κ3) is 4.15. The molecule has 2 aromatic rings. The van der Waals surface area contributed by atoms with Crippen LogP contribution in [0, 0.1) is 5.82 Å². The fourth-order valence-corrected chi connectivity index (χ4v) is 3.85. The highest BCUT2D eigenvalue weighted by atomic mass is 79.9. The average Bonchev–Trinajstić information content (AvgIpc) is 2.52. The number of amides is 1. The van der Waals surface area contributed by atoms with Gasteiger partial charge in [-0.1, -0.05) is 15.9 Å². The lowest BCUT2D eigenvalue weighted by molar-refractivity contribution is 0.00769. The SMILES string of the molecule is CC1CC(n2cnc3cc(Br)cc(F)c3c2=O)CCN1C(=O)OC(C)(C)C. The summed E-state index contributed by atoms with van der Waals surface area (Å²) in [5, 5.41) is -0.0112. The first-order valence-corrected chi connectivity index (χ1v) is 9.71. The Morgan fingerprint density at radius 3 is 2.70 bits per heavy atom. The van der Waals surface area contributed by atoms with Gasteiger partial charge in [-0.25, -0.2) is 14.2 Å². The Balaban J connectivity index is 1.84. The molecule has 1 aromatic carbocycles. The zero-order valence-corrected chi connectivity index (χ0v) is 17.4. The molecule has 1 fully saturated rings. The minimum absolute atomic E-state index is 0.0112. The molecular weight excluding hydrogens is 417 g/mol. The molecule has 0 radical (unpaired) electrons. The summed E-state index contributed by atoms with van der Waals surface area (Å²) in [6.45, 7) is 7.88. The lowest BCUT2D eigenvalue weighted by Crippen LogP contribution is -2.48. The maximum absolute atomic E-state index is 14.3. The smallest absolute Gasteiger partial charge is 0.410 e. The van der Waals surface area contributed by atoms with Crippen molar-refractivity contribution in [1.82, 2.24) is 14.5 Å². The average molecular weight is 440 g/mol. The van der Waals surface area contributed by atoms with E-state index in [-0.39, 0.29) is 23.6 Å². The number of piperidine rings is 1. The number of carbonyl (C=O) groups is 1. The Hall–Kier alpha value is -1.96. The molecule has 1 aliphatic heterocycles. The predicted octanol–water partition coefficient (Wildman–Crippen LogP) is 4.26. The number of hydrogen-bond acceptors (Lipinski definition) is 4. The van der Waals surface area contributed by atoms with Crippen LogP contribution in [0.2, 0.25) is 0 Å². The van der Waals surface area contributed by atoms with Crippen molar-refractivity contribution in [3.8, 4) is 0 Å². The number of aromatic nitrogens is 2. The Morgan fingerprint density at radius 1 is 1.37 bits per heavy atom. The van der Waals surface area contributed by atoms with Crippen molar-refractivity contribution in [2.45, 2.75) is 58.2 Å². The summed E-state index contributed by atoms with van der Waals surface area (Å²) < 4.78 is 21.8. The summed E-state index contributed by atoms with van der Waals surface area (Å²) in [4.78, 5) is 31.1. The van der Waals surface area contributed by atoms with Crippen molar-refractivity contribution in [1.29, 1.82) is 0 Å². The largest absolute Gasteiger partial charge is 0.444 e. The maximum Gasteiger partial charge on any atom is 0.410 e. The van der Waals surface area contributed by atoms with Crippen LogP contribution in [0.3, 0.4) is 0 Å². The number of rotatable bonds is 1. The second-order valence-corrected chi connectivity index (χ2v) is 8.86. The number of fused-ring (bicyclic) bond motifs is 1. The summed E-state index contributed by atoms with van der Waals surface area (Å²) >= 11 is 3.21. The van der Waals surface area contributed by atoms with Crippen LogP contribution in [0.5, 0.6) is 0 Å². The first-order chi connectivity index (χ1) is 12.6. The first kappa shape index (κ1) is 19.8. The van der Waals surface area contributed by atoms with Crippen LogP contribution in [0.15, 0.2) is 27.7 Å². The van der Waals surface area contributed by atoms with E-state index < -0.39 is 17.0 Å². The minimum Gasteiger partial charge on any atom is -0.444 e. The molecule has 6 nitrogen and oxygen atoms in total. The minimum atomic E-state index is -0.592. The van der Waals surface area contributed by atoms with Gasteiger partial charge in [0.2, 0.25) is 0 Å². The molecule has 8 heteroatoms. The molecule has 2 atom stereocenters. The van der Waals surface area contributed by atoms with E-state index in [9.17, 15) is 14.0 Å². The van der Waals surface area contributed by atoms with Gasteiger partial charge in [0.05, 0.1) is 11.8 Å². The van der Waals surface area contributed by atoms with Gasteiger partial charge < -0.3 is 9.64 Å². The molecule has 0 saturated carbocycles. The van der Waals surface area contributed by atoms with Gasteiger partial charge in [0.1, 0.15) is 16.8 Å². The van der Waals surface area contributed by atoms with E-state index in [2.05, 4.69) is 20.9 Å². The second-order valence-electron chi connectivity index (χ2n) is 7.94. The number of halogens is 2. The Kier molecular flexibility index (Phi) is 5.29. The van der Waals surface area contributed by atoms with Gasteiger partial charge in [0, 0.05) is 23.1 Å². The lowest BCUT2D eigenvalue weighted by Gasteiger charge is -2.38. The molecule has 0 N–H and O–H groups in total. The highest BCUT2D eigenvalue weighted by Crippen LogP contribution is 2.28. The number of hydrogen-bond donors (Lipinski definition) is 0. The Bertz CT molecular complexity index is 938. The third-order valence-corrected chi connectivity index (χ3v) is 5.13. The highest BCUT2D eigenvalue weighted by Gasteiger charge is 2.33. The highest BCUT2D eigenvalue weighted by molar-refractivity contribution is 9.10. The van der Waals surface area contributed by atoms with Crippen LogP contribution < -0.4 is 5.56 Å². The number of carbonyl (C=O) groups excluding carboxylic acids is 1. The fraction of sp³-hybridized carbons (Fsp3) is 0.526. The van der Waals surface area contributed by atoms with Crippen molar-refractivity contribution < 1.29 is 13.9 Å². The van der Waals surface area contributed by atoms with Crippen molar-refractivity contribution in [3.63, 3.8) is 0 Å². The standard InChI is InChI=1S/C19H23BrFN3O3/c1-11-7-13(5-6-23(11)18(26)27-19(2,3)4)24-10-22-15-9-12(20)8-14(21)16(15)17(24)25/h8-11,13H,5-7H2,1-4H3. The van der Waals surface area contributed by atoms with Gasteiger partial charge in [0.25, 0.3) is 5.56 Å². The molecule has 1 aromatic heterocycles. The molecule has 3 rings (SSSR count). The molecule has 146 valence electrons. The molecule has 1 aliphatic rings. The van der Waals surface area contributed by atoms with Gasteiger partial charge >= 0.3 is 6.09 Å². The van der Waals surface area contributed by atoms with Gasteiger partial charge in [-0.3, -0.25) is 9.36 Å². The van der Waals surface area contributed by atoms with Gasteiger partial charge in [-0.15, -0.1) is 0 Å². The van der Waals surface area contributed by atoms with E-state index in [1.165, 1.54) is 17.0 Å². The van der Waals surface area contributed by atoms with E-state index in [0.29, 0.717) is 29.4 Å². The summed E-state index contributed by atoms with van der Waals surface area (Å²) in [5.74, 6) is -0.592. The lowest BCUT2D eigenvalue weighted by atomic mass is 9.98. The van der Waals surface area contributed by atoms with Crippen LogP contribution in [-0.4, -0.2) is 38.7 Å². The van der Waals surface area contributed by atoms with Gasteiger partial charge in [-0.2, -0.15) is 0 Å². The van der Waals surface area contributed by atoms with Crippen LogP contribution in [0.4, 0.5) is 9.18 Å². The van der Waals surface area contributed by atoms with Crippen molar-refractivity contribution >= 4 is 32.9 Å². The summed E-state index contributed by atoms with van der Waals surface area (Å²) in [6, 6.07) is 2.64. The molecular formula is C19H23BrFN3O3. The quantitative estimate of drug-likeness (QED) is 0.665. The zero-order valence-electron chi connectivity index (χ0n) is 15.8. The van der Waals surface area contributed by atoms with Crippen LogP contribution in [-0.2, 0) is 4.74 Å². The predicted molar refractivity (Wildman–Crippen MR) is 104 cm³/mol. The summed E-state index contributed by atoms with van der Waals surface area (Å²) in [5.41, 5.74) is -0.631. The van der Waals surface area contributed by atoms with Crippen LogP contribution in [0.25, 0.3) is 10.9 Å². The second kappa shape index (κ2) is 7.22. The fourth-order valence-electron chi connectivity index (χ4n) is 3.43. The normalized spacial score (nSPS) is 20.7. The van der Waals surface area contributed by atoms with Gasteiger partial charge in [-0.05, 0) is 52.7 Å². The molecule has 27 heavy (non-hydrogen) atoms. The summed E-state index contributed by atoms with van der Waals surface area (Å²) in [7, 11) is 0. The van der Waals surface area contributed by atoms with E-state index in [4.69, 9.17) is 4.74 Å².